The summed E-state index contributed by atoms with van der Waals surface area (Å²) in [4.78, 5) is 36.3. The number of hydrogen-bond acceptors (Lipinski definition) is 5. The average molecular weight is 367 g/mol. The number of carbonyl (C=O) groups is 2. The Morgan fingerprint density at radius 3 is 2.52 bits per heavy atom. The Morgan fingerprint density at radius 2 is 1.85 bits per heavy atom. The van der Waals surface area contributed by atoms with Gasteiger partial charge in [0.25, 0.3) is 5.91 Å². The van der Waals surface area contributed by atoms with Gasteiger partial charge in [0.15, 0.2) is 0 Å². The Hall–Kier alpha value is -2.96. The lowest BCUT2D eigenvalue weighted by atomic mass is 10.0. The number of para-hydroxylation sites is 1. The van der Waals surface area contributed by atoms with E-state index in [1.807, 2.05) is 36.1 Å². The fraction of sp³-hybridized carbons (Fsp3) is 0.400. The van der Waals surface area contributed by atoms with Crippen molar-refractivity contribution in [2.24, 2.45) is 0 Å². The number of rotatable bonds is 5. The smallest absolute Gasteiger partial charge is 0.274 e. The Kier molecular flexibility index (Phi) is 5.69. The third-order valence-corrected chi connectivity index (χ3v) is 4.65. The first-order chi connectivity index (χ1) is 13.0. The zero-order valence-electron chi connectivity index (χ0n) is 16.0. The van der Waals surface area contributed by atoms with Crippen LogP contribution in [0.1, 0.15) is 41.5 Å². The zero-order chi connectivity index (χ0) is 19.4. The lowest BCUT2D eigenvalue weighted by Gasteiger charge is -2.32. The summed E-state index contributed by atoms with van der Waals surface area (Å²) in [6, 6.07) is 9.49. The second-order valence-electron chi connectivity index (χ2n) is 7.02. The molecule has 1 aromatic carbocycles. The van der Waals surface area contributed by atoms with E-state index in [0.29, 0.717) is 43.7 Å². The molecule has 142 valence electrons. The van der Waals surface area contributed by atoms with Crippen LogP contribution in [0.5, 0.6) is 0 Å². The van der Waals surface area contributed by atoms with Gasteiger partial charge in [-0.3, -0.25) is 9.59 Å². The van der Waals surface area contributed by atoms with Gasteiger partial charge in [0.1, 0.15) is 5.69 Å². The Balaban J connectivity index is 1.80. The van der Waals surface area contributed by atoms with Gasteiger partial charge in [-0.15, -0.1) is 0 Å². The highest BCUT2D eigenvalue weighted by atomic mass is 16.2. The monoisotopic (exact) mass is 367 g/mol. The molecule has 1 fully saturated rings. The molecule has 0 unspecified atom stereocenters. The highest BCUT2D eigenvalue weighted by Crippen LogP contribution is 2.24. The predicted molar refractivity (Wildman–Crippen MR) is 105 cm³/mol. The van der Waals surface area contributed by atoms with Crippen LogP contribution in [0.4, 0.5) is 11.6 Å². The maximum absolute atomic E-state index is 12.8. The van der Waals surface area contributed by atoms with E-state index >= 15 is 0 Å². The molecule has 27 heavy (non-hydrogen) atoms. The van der Waals surface area contributed by atoms with Crippen molar-refractivity contribution in [2.45, 2.75) is 26.7 Å². The number of carbonyl (C=O) groups excluding carboxylic acids is 2. The Morgan fingerprint density at radius 1 is 1.15 bits per heavy atom. The molecular weight excluding hydrogens is 342 g/mol. The Labute approximate surface area is 159 Å². The minimum Gasteiger partial charge on any atom is -0.342 e. The molecule has 0 atom stereocenters. The van der Waals surface area contributed by atoms with Crippen molar-refractivity contribution in [2.75, 3.05) is 36.4 Å². The van der Waals surface area contributed by atoms with Gasteiger partial charge in [0, 0.05) is 37.6 Å². The molecule has 2 aromatic rings. The standard InChI is InChI=1S/C20H25N5O2/c1-14(2)16-6-4-5-7-17(16)22-19(27)18-12-15(3)21-20(23-18)25-10-8-24(13-26)9-11-25/h4-7,12-14H,8-11H2,1-3H3,(H,22,27). The second-order valence-corrected chi connectivity index (χ2v) is 7.02. The number of nitrogens with one attached hydrogen (secondary N) is 1. The van der Waals surface area contributed by atoms with Crippen LogP contribution in [0.2, 0.25) is 0 Å². The summed E-state index contributed by atoms with van der Waals surface area (Å²) in [6.07, 6.45) is 0.861. The molecule has 0 aliphatic carbocycles. The van der Waals surface area contributed by atoms with Crippen molar-refractivity contribution in [3.63, 3.8) is 0 Å². The van der Waals surface area contributed by atoms with Gasteiger partial charge in [-0.05, 0) is 30.5 Å². The third kappa shape index (κ3) is 4.42. The summed E-state index contributed by atoms with van der Waals surface area (Å²) in [5, 5.41) is 2.98. The molecule has 3 rings (SSSR count). The lowest BCUT2D eigenvalue weighted by molar-refractivity contribution is -0.118. The molecule has 1 aliphatic heterocycles. The number of hydrogen-bond donors (Lipinski definition) is 1. The number of nitrogens with zero attached hydrogens (tertiary/aromatic N) is 4. The van der Waals surface area contributed by atoms with Gasteiger partial charge < -0.3 is 15.1 Å². The quantitative estimate of drug-likeness (QED) is 0.821. The van der Waals surface area contributed by atoms with Crippen molar-refractivity contribution in [1.29, 1.82) is 0 Å². The van der Waals surface area contributed by atoms with Crippen LogP contribution in [0.15, 0.2) is 30.3 Å². The summed E-state index contributed by atoms with van der Waals surface area (Å²) in [5.74, 6) is 0.586. The van der Waals surface area contributed by atoms with Crippen LogP contribution in [-0.2, 0) is 4.79 Å². The van der Waals surface area contributed by atoms with E-state index in [1.165, 1.54) is 0 Å². The van der Waals surface area contributed by atoms with E-state index in [-0.39, 0.29) is 5.91 Å². The maximum atomic E-state index is 12.8. The minimum atomic E-state index is -0.249. The SMILES string of the molecule is Cc1cc(C(=O)Nc2ccccc2C(C)C)nc(N2CCN(C=O)CC2)n1. The van der Waals surface area contributed by atoms with E-state index in [2.05, 4.69) is 29.1 Å². The highest BCUT2D eigenvalue weighted by molar-refractivity contribution is 6.03. The normalized spacial score (nSPS) is 14.4. The molecule has 2 heterocycles. The molecule has 7 nitrogen and oxygen atoms in total. The van der Waals surface area contributed by atoms with Crippen LogP contribution in [0.3, 0.4) is 0 Å². The summed E-state index contributed by atoms with van der Waals surface area (Å²) in [5.41, 5.74) is 2.96. The molecule has 0 bridgehead atoms. The summed E-state index contributed by atoms with van der Waals surface area (Å²) in [6.45, 7) is 8.60. The second kappa shape index (κ2) is 8.16. The van der Waals surface area contributed by atoms with Crippen LogP contribution in [0, 0.1) is 6.92 Å². The first-order valence-electron chi connectivity index (χ1n) is 9.18. The molecule has 1 aliphatic rings. The van der Waals surface area contributed by atoms with Crippen molar-refractivity contribution in [3.05, 3.63) is 47.3 Å². The van der Waals surface area contributed by atoms with E-state index in [4.69, 9.17) is 0 Å². The Bertz CT molecular complexity index is 829. The predicted octanol–water partition coefficient (Wildman–Crippen LogP) is 2.44. The van der Waals surface area contributed by atoms with Crippen LogP contribution in [-0.4, -0.2) is 53.4 Å². The van der Waals surface area contributed by atoms with Crippen LogP contribution >= 0.6 is 0 Å². The summed E-state index contributed by atoms with van der Waals surface area (Å²) in [7, 11) is 0. The maximum Gasteiger partial charge on any atom is 0.274 e. The van der Waals surface area contributed by atoms with Crippen molar-refractivity contribution < 1.29 is 9.59 Å². The van der Waals surface area contributed by atoms with E-state index in [0.717, 1.165) is 23.4 Å². The van der Waals surface area contributed by atoms with Gasteiger partial charge in [0.2, 0.25) is 12.4 Å². The van der Waals surface area contributed by atoms with E-state index < -0.39 is 0 Å². The van der Waals surface area contributed by atoms with Crippen molar-refractivity contribution in [1.82, 2.24) is 14.9 Å². The number of aromatic nitrogens is 2. The van der Waals surface area contributed by atoms with Gasteiger partial charge in [0.05, 0.1) is 0 Å². The molecule has 7 heteroatoms. The van der Waals surface area contributed by atoms with Gasteiger partial charge in [-0.2, -0.15) is 0 Å². The topological polar surface area (TPSA) is 78.4 Å². The third-order valence-electron chi connectivity index (χ3n) is 4.65. The van der Waals surface area contributed by atoms with Crippen molar-refractivity contribution >= 4 is 24.0 Å². The minimum absolute atomic E-state index is 0.249. The number of amides is 2. The summed E-state index contributed by atoms with van der Waals surface area (Å²) >= 11 is 0. The highest BCUT2D eigenvalue weighted by Gasteiger charge is 2.20. The molecule has 2 amide bonds. The molecule has 0 spiro atoms. The number of anilines is 2. The first kappa shape index (κ1) is 18.8. The molecule has 1 N–H and O–H groups in total. The average Bonchev–Trinajstić information content (AvgIpc) is 2.67. The molecule has 1 saturated heterocycles. The van der Waals surface area contributed by atoms with Crippen LogP contribution in [0.25, 0.3) is 0 Å². The number of benzene rings is 1. The molecule has 0 radical (unpaired) electrons. The zero-order valence-corrected chi connectivity index (χ0v) is 16.0. The molecule has 0 saturated carbocycles. The number of piperazine rings is 1. The molecule has 1 aromatic heterocycles. The fourth-order valence-electron chi connectivity index (χ4n) is 3.14. The van der Waals surface area contributed by atoms with Gasteiger partial charge >= 0.3 is 0 Å². The summed E-state index contributed by atoms with van der Waals surface area (Å²) < 4.78 is 0. The largest absolute Gasteiger partial charge is 0.342 e. The first-order valence-corrected chi connectivity index (χ1v) is 9.18. The van der Waals surface area contributed by atoms with Gasteiger partial charge in [-0.1, -0.05) is 32.0 Å². The molecular formula is C20H25N5O2. The lowest BCUT2D eigenvalue weighted by Crippen LogP contribution is -2.46. The van der Waals surface area contributed by atoms with Crippen LogP contribution < -0.4 is 10.2 Å². The van der Waals surface area contributed by atoms with E-state index in [9.17, 15) is 9.59 Å². The van der Waals surface area contributed by atoms with Gasteiger partial charge in [-0.25, -0.2) is 9.97 Å². The van der Waals surface area contributed by atoms with Crippen molar-refractivity contribution in [3.8, 4) is 0 Å². The number of aryl methyl sites for hydroxylation is 1. The fourth-order valence-corrected chi connectivity index (χ4v) is 3.14. The van der Waals surface area contributed by atoms with E-state index in [1.54, 1.807) is 11.0 Å².